The lowest BCUT2D eigenvalue weighted by Gasteiger charge is -2.30. The summed E-state index contributed by atoms with van der Waals surface area (Å²) in [5.74, 6) is 0. The maximum Gasteiger partial charge on any atom is 0.0562 e. The molecule has 0 spiro atoms. The second kappa shape index (κ2) is 13.9. The van der Waals surface area contributed by atoms with Gasteiger partial charge in [0, 0.05) is 27.4 Å². The molecule has 1 aromatic heterocycles. The van der Waals surface area contributed by atoms with Gasteiger partial charge in [-0.25, -0.2) is 0 Å². The van der Waals surface area contributed by atoms with E-state index in [1.165, 1.54) is 82.7 Å². The molecule has 2 nitrogen and oxygen atoms in total. The highest BCUT2D eigenvalue weighted by Crippen LogP contribution is 2.53. The van der Waals surface area contributed by atoms with E-state index in [-0.39, 0.29) is 0 Å². The molecule has 10 aromatic carbocycles. The van der Waals surface area contributed by atoms with Crippen molar-refractivity contribution in [3.05, 3.63) is 231 Å². The van der Waals surface area contributed by atoms with E-state index >= 15 is 0 Å². The highest BCUT2D eigenvalue weighted by Gasteiger charge is 2.28. The van der Waals surface area contributed by atoms with E-state index in [0.29, 0.717) is 0 Å². The molecule has 0 saturated carbocycles. The Bertz CT molecular complexity index is 3380. The third kappa shape index (κ3) is 5.28. The Kier molecular flexibility index (Phi) is 7.89. The zero-order valence-corrected chi connectivity index (χ0v) is 32.8. The van der Waals surface area contributed by atoms with Crippen LogP contribution in [-0.2, 0) is 0 Å². The fourth-order valence-electron chi connectivity index (χ4n) is 9.77. The van der Waals surface area contributed by atoms with E-state index < -0.39 is 0 Å². The van der Waals surface area contributed by atoms with Gasteiger partial charge in [0.15, 0.2) is 0 Å². The first kappa shape index (κ1) is 34.1. The Balaban J connectivity index is 1.10. The van der Waals surface area contributed by atoms with Crippen LogP contribution in [-0.4, -0.2) is 4.57 Å². The molecule has 1 aliphatic rings. The number of fused-ring (bicyclic) bond motifs is 6. The predicted molar refractivity (Wildman–Crippen MR) is 254 cm³/mol. The fourth-order valence-corrected chi connectivity index (χ4v) is 9.77. The van der Waals surface area contributed by atoms with Crippen LogP contribution in [0.25, 0.3) is 93.9 Å². The van der Waals surface area contributed by atoms with Crippen molar-refractivity contribution < 1.29 is 0 Å². The molecule has 0 radical (unpaired) electrons. The lowest BCUT2D eigenvalue weighted by molar-refractivity contribution is 1.18. The molecule has 11 aromatic rings. The molecule has 0 atom stereocenters. The Hall–Kier alpha value is -7.94. The summed E-state index contributed by atoms with van der Waals surface area (Å²) in [4.78, 5) is 2.52. The summed E-state index contributed by atoms with van der Waals surface area (Å²) in [7, 11) is 0. The van der Waals surface area contributed by atoms with Crippen LogP contribution in [0.2, 0.25) is 0 Å². The summed E-state index contributed by atoms with van der Waals surface area (Å²) in [6.45, 7) is 0. The Morgan fingerprint density at radius 1 is 0.250 bits per heavy atom. The first-order chi connectivity index (χ1) is 29.8. The lowest BCUT2D eigenvalue weighted by atomic mass is 9.94. The van der Waals surface area contributed by atoms with Crippen LogP contribution in [0, 0.1) is 0 Å². The van der Waals surface area contributed by atoms with Crippen molar-refractivity contribution in [2.45, 2.75) is 0 Å². The van der Waals surface area contributed by atoms with Crippen LogP contribution < -0.4 is 4.90 Å². The van der Waals surface area contributed by atoms with Gasteiger partial charge in [-0.05, 0) is 97.9 Å². The molecule has 60 heavy (non-hydrogen) atoms. The van der Waals surface area contributed by atoms with Gasteiger partial charge in [-0.3, -0.25) is 0 Å². The van der Waals surface area contributed by atoms with Gasteiger partial charge in [-0.1, -0.05) is 188 Å². The highest BCUT2D eigenvalue weighted by atomic mass is 15.2. The number of hydrogen-bond donors (Lipinski definition) is 0. The Morgan fingerprint density at radius 2 is 0.733 bits per heavy atom. The van der Waals surface area contributed by atoms with Gasteiger partial charge < -0.3 is 9.47 Å². The fraction of sp³-hybridized carbons (Fsp3) is 0. The van der Waals surface area contributed by atoms with E-state index in [1.807, 2.05) is 0 Å². The zero-order valence-electron chi connectivity index (χ0n) is 32.8. The summed E-state index contributed by atoms with van der Waals surface area (Å²) in [6.07, 6.45) is 0. The van der Waals surface area contributed by atoms with Crippen LogP contribution in [0.15, 0.2) is 231 Å². The number of benzene rings is 10. The van der Waals surface area contributed by atoms with E-state index in [0.717, 1.165) is 28.3 Å². The van der Waals surface area contributed by atoms with E-state index in [9.17, 15) is 0 Å². The summed E-state index contributed by atoms with van der Waals surface area (Å²) < 4.78 is 2.44. The summed E-state index contributed by atoms with van der Waals surface area (Å²) in [5, 5.41) is 4.96. The molecule has 280 valence electrons. The smallest absolute Gasteiger partial charge is 0.0562 e. The number of para-hydroxylation sites is 2. The second-order valence-corrected chi connectivity index (χ2v) is 15.6. The SMILES string of the molecule is c1ccc(-c2ccccc2-c2ccc(-n3c4ccccc4c4c(N(c5ccccc5-c5ccccc5)c5ccc6c7c(cccc57)-c5ccccc5-6)cccc43)cc2)cc1. The van der Waals surface area contributed by atoms with Crippen molar-refractivity contribution in [3.63, 3.8) is 0 Å². The van der Waals surface area contributed by atoms with Crippen molar-refractivity contribution in [2.75, 3.05) is 4.90 Å². The standard InChI is InChI=1S/C58H38N2/c1-3-17-39(18-4-1)43-21-7-8-22-44(43)41-33-35-42(36-34-41)59-53-30-14-12-26-51(53)58-55(59)31-16-32-56(58)60(52-29-13-11-23-45(52)40-19-5-2-6-20-40)54-38-37-49-47-25-10-9-24-46(47)48-27-15-28-50(54)57(48)49/h1-38H. The van der Waals surface area contributed by atoms with Gasteiger partial charge in [-0.2, -0.15) is 0 Å². The first-order valence-electron chi connectivity index (χ1n) is 20.7. The monoisotopic (exact) mass is 762 g/mol. The molecule has 2 heteroatoms. The molecule has 0 bridgehead atoms. The quantitative estimate of drug-likeness (QED) is 0.157. The molecule has 1 heterocycles. The second-order valence-electron chi connectivity index (χ2n) is 15.6. The number of rotatable bonds is 7. The minimum atomic E-state index is 1.12. The third-order valence-corrected chi connectivity index (χ3v) is 12.4. The third-order valence-electron chi connectivity index (χ3n) is 12.4. The van der Waals surface area contributed by atoms with Crippen molar-refractivity contribution in [2.24, 2.45) is 0 Å². The van der Waals surface area contributed by atoms with Crippen molar-refractivity contribution in [1.29, 1.82) is 0 Å². The molecule has 0 unspecified atom stereocenters. The molecular formula is C58H38N2. The molecule has 0 saturated heterocycles. The van der Waals surface area contributed by atoms with Crippen LogP contribution in [0.4, 0.5) is 17.1 Å². The Labute approximate surface area is 349 Å². The van der Waals surface area contributed by atoms with Crippen LogP contribution in [0.5, 0.6) is 0 Å². The molecule has 0 fully saturated rings. The molecule has 0 N–H and O–H groups in total. The van der Waals surface area contributed by atoms with Crippen molar-refractivity contribution >= 4 is 49.6 Å². The minimum absolute atomic E-state index is 1.12. The van der Waals surface area contributed by atoms with Gasteiger partial charge in [0.1, 0.15) is 0 Å². The maximum absolute atomic E-state index is 2.52. The molecule has 1 aliphatic carbocycles. The Morgan fingerprint density at radius 3 is 1.45 bits per heavy atom. The van der Waals surface area contributed by atoms with Crippen molar-refractivity contribution in [1.82, 2.24) is 4.57 Å². The van der Waals surface area contributed by atoms with E-state index in [1.54, 1.807) is 0 Å². The summed E-state index contributed by atoms with van der Waals surface area (Å²) in [5.41, 5.74) is 19.3. The molecule has 0 aliphatic heterocycles. The normalized spacial score (nSPS) is 11.7. The van der Waals surface area contributed by atoms with Gasteiger partial charge in [0.25, 0.3) is 0 Å². The highest BCUT2D eigenvalue weighted by molar-refractivity contribution is 6.22. The maximum atomic E-state index is 2.52. The van der Waals surface area contributed by atoms with Gasteiger partial charge in [-0.15, -0.1) is 0 Å². The van der Waals surface area contributed by atoms with Gasteiger partial charge in [0.2, 0.25) is 0 Å². The van der Waals surface area contributed by atoms with Crippen LogP contribution in [0.3, 0.4) is 0 Å². The number of nitrogens with zero attached hydrogens (tertiary/aromatic N) is 2. The van der Waals surface area contributed by atoms with E-state index in [2.05, 4.69) is 240 Å². The average Bonchev–Trinajstić information content (AvgIpc) is 3.84. The summed E-state index contributed by atoms with van der Waals surface area (Å²) in [6, 6.07) is 84.1. The molecule has 0 amide bonds. The molecular weight excluding hydrogens is 725 g/mol. The van der Waals surface area contributed by atoms with Gasteiger partial charge >= 0.3 is 0 Å². The predicted octanol–water partition coefficient (Wildman–Crippen LogP) is 16.1. The summed E-state index contributed by atoms with van der Waals surface area (Å²) >= 11 is 0. The largest absolute Gasteiger partial charge is 0.309 e. The first-order valence-corrected chi connectivity index (χ1v) is 20.7. The zero-order chi connectivity index (χ0) is 39.6. The minimum Gasteiger partial charge on any atom is -0.309 e. The van der Waals surface area contributed by atoms with Gasteiger partial charge in [0.05, 0.1) is 28.1 Å². The van der Waals surface area contributed by atoms with Crippen LogP contribution in [0.1, 0.15) is 0 Å². The van der Waals surface area contributed by atoms with E-state index in [4.69, 9.17) is 0 Å². The number of anilines is 3. The van der Waals surface area contributed by atoms with Crippen molar-refractivity contribution in [3.8, 4) is 61.3 Å². The average molecular weight is 763 g/mol. The van der Waals surface area contributed by atoms with Crippen LogP contribution >= 0.6 is 0 Å². The molecule has 12 rings (SSSR count). The number of aromatic nitrogens is 1. The lowest BCUT2D eigenvalue weighted by Crippen LogP contribution is -2.12. The topological polar surface area (TPSA) is 8.17 Å². The number of hydrogen-bond acceptors (Lipinski definition) is 1.